The smallest absolute Gasteiger partial charge is 0.251 e. The summed E-state index contributed by atoms with van der Waals surface area (Å²) in [6.07, 6.45) is 0.256. The Morgan fingerprint density at radius 1 is 1.38 bits per heavy atom. The number of rotatable bonds is 4. The van der Waals surface area contributed by atoms with E-state index >= 15 is 0 Å². The molecule has 0 fully saturated rings. The van der Waals surface area contributed by atoms with Gasteiger partial charge in [0.2, 0.25) is 5.91 Å². The molecule has 6 heteroatoms. The number of carbonyl (C=O) groups excluding carboxylic acids is 2. The van der Waals surface area contributed by atoms with Crippen molar-refractivity contribution in [3.8, 4) is 11.8 Å². The summed E-state index contributed by atoms with van der Waals surface area (Å²) < 4.78 is 0. The van der Waals surface area contributed by atoms with Crippen molar-refractivity contribution in [1.82, 2.24) is 10.2 Å². The normalized spacial score (nSPS) is 9.52. The summed E-state index contributed by atoms with van der Waals surface area (Å²) in [6, 6.07) is 4.85. The van der Waals surface area contributed by atoms with Crippen LogP contribution in [0.3, 0.4) is 0 Å². The number of amides is 2. The lowest BCUT2D eigenvalue weighted by Crippen LogP contribution is -2.30. The number of nitrogens with zero attached hydrogens (tertiary/aromatic N) is 1. The Labute approximate surface area is 129 Å². The van der Waals surface area contributed by atoms with Crippen LogP contribution >= 0.6 is 11.6 Å². The molecule has 0 saturated heterocycles. The number of carbonyl (C=O) groups is 2. The van der Waals surface area contributed by atoms with Crippen LogP contribution in [-0.4, -0.2) is 43.9 Å². The summed E-state index contributed by atoms with van der Waals surface area (Å²) in [5, 5.41) is 3.07. The predicted octanol–water partition coefficient (Wildman–Crippen LogP) is 0.858. The van der Waals surface area contributed by atoms with E-state index in [0.717, 1.165) is 0 Å². The second kappa shape index (κ2) is 8.30. The van der Waals surface area contributed by atoms with Gasteiger partial charge >= 0.3 is 0 Å². The van der Waals surface area contributed by atoms with Crippen LogP contribution in [0.1, 0.15) is 22.3 Å². The Hall–Kier alpha value is -2.03. The molecule has 0 unspecified atom stereocenters. The molecule has 3 N–H and O–H groups in total. The third-order valence-electron chi connectivity index (χ3n) is 2.68. The Kier molecular flexibility index (Phi) is 6.73. The van der Waals surface area contributed by atoms with Crippen LogP contribution in [0.25, 0.3) is 0 Å². The summed E-state index contributed by atoms with van der Waals surface area (Å²) in [5.41, 5.74) is 6.35. The molecule has 2 amide bonds. The molecule has 1 aromatic carbocycles. The molecule has 1 aromatic rings. The van der Waals surface area contributed by atoms with Crippen molar-refractivity contribution < 1.29 is 9.59 Å². The van der Waals surface area contributed by atoms with Crippen molar-refractivity contribution in [1.29, 1.82) is 0 Å². The fraction of sp³-hybridized carbons (Fsp3) is 0.333. The fourth-order valence-electron chi connectivity index (χ4n) is 1.51. The van der Waals surface area contributed by atoms with Crippen molar-refractivity contribution in [2.45, 2.75) is 6.42 Å². The first-order valence-corrected chi connectivity index (χ1v) is 6.80. The van der Waals surface area contributed by atoms with Crippen molar-refractivity contribution in [3.05, 3.63) is 34.3 Å². The van der Waals surface area contributed by atoms with Crippen LogP contribution in [0.5, 0.6) is 0 Å². The number of nitrogens with one attached hydrogen (secondary N) is 1. The zero-order valence-electron chi connectivity index (χ0n) is 12.1. The highest BCUT2D eigenvalue weighted by Gasteiger charge is 2.09. The van der Waals surface area contributed by atoms with E-state index in [4.69, 9.17) is 17.3 Å². The highest BCUT2D eigenvalue weighted by Crippen LogP contribution is 2.17. The second-order valence-electron chi connectivity index (χ2n) is 4.49. The highest BCUT2D eigenvalue weighted by atomic mass is 35.5. The average Bonchev–Trinajstić information content (AvgIpc) is 2.45. The van der Waals surface area contributed by atoms with Crippen molar-refractivity contribution in [2.24, 2.45) is 5.73 Å². The SMILES string of the molecule is CN(C)C(=O)CCNC(=O)c1ccc(C#CCN)c(Cl)c1. The minimum absolute atomic E-state index is 0.0410. The maximum Gasteiger partial charge on any atom is 0.251 e. The quantitative estimate of drug-likeness (QED) is 0.810. The Morgan fingerprint density at radius 2 is 2.10 bits per heavy atom. The van der Waals surface area contributed by atoms with E-state index < -0.39 is 0 Å². The molecular weight excluding hydrogens is 290 g/mol. The van der Waals surface area contributed by atoms with E-state index in [1.54, 1.807) is 32.3 Å². The number of hydrogen-bond donors (Lipinski definition) is 2. The molecule has 0 aliphatic rings. The van der Waals surface area contributed by atoms with Gasteiger partial charge in [-0.05, 0) is 18.2 Å². The summed E-state index contributed by atoms with van der Waals surface area (Å²) in [7, 11) is 3.34. The van der Waals surface area contributed by atoms with Gasteiger partial charge in [0, 0.05) is 38.2 Å². The maximum absolute atomic E-state index is 11.9. The fourth-order valence-corrected chi connectivity index (χ4v) is 1.74. The molecule has 0 aliphatic carbocycles. The van der Waals surface area contributed by atoms with Gasteiger partial charge in [-0.3, -0.25) is 9.59 Å². The number of nitrogens with two attached hydrogens (primary N) is 1. The van der Waals surface area contributed by atoms with Gasteiger partial charge in [-0.25, -0.2) is 0 Å². The molecule has 0 saturated carbocycles. The van der Waals surface area contributed by atoms with Gasteiger partial charge in [0.1, 0.15) is 0 Å². The molecule has 0 radical (unpaired) electrons. The van der Waals surface area contributed by atoms with Crippen LogP contribution in [0.2, 0.25) is 5.02 Å². The van der Waals surface area contributed by atoms with Crippen LogP contribution < -0.4 is 11.1 Å². The van der Waals surface area contributed by atoms with Gasteiger partial charge < -0.3 is 16.0 Å². The Morgan fingerprint density at radius 3 is 2.67 bits per heavy atom. The molecule has 112 valence electrons. The lowest BCUT2D eigenvalue weighted by Gasteiger charge is -2.10. The van der Waals surface area contributed by atoms with E-state index in [9.17, 15) is 9.59 Å². The lowest BCUT2D eigenvalue weighted by molar-refractivity contribution is -0.128. The van der Waals surface area contributed by atoms with Crippen LogP contribution in [0.15, 0.2) is 18.2 Å². The van der Waals surface area contributed by atoms with Crippen LogP contribution in [0, 0.1) is 11.8 Å². The second-order valence-corrected chi connectivity index (χ2v) is 4.90. The zero-order valence-corrected chi connectivity index (χ0v) is 12.8. The van der Waals surface area contributed by atoms with Gasteiger partial charge in [-0.1, -0.05) is 23.4 Å². The molecular formula is C15H18ClN3O2. The topological polar surface area (TPSA) is 75.4 Å². The van der Waals surface area contributed by atoms with Crippen LogP contribution in [0.4, 0.5) is 0 Å². The lowest BCUT2D eigenvalue weighted by atomic mass is 10.1. The van der Waals surface area contributed by atoms with Gasteiger partial charge in [0.15, 0.2) is 0 Å². The number of benzene rings is 1. The van der Waals surface area contributed by atoms with E-state index in [-0.39, 0.29) is 31.3 Å². The minimum atomic E-state index is -0.276. The summed E-state index contributed by atoms with van der Waals surface area (Å²) >= 11 is 6.05. The molecule has 1 rings (SSSR count). The number of hydrogen-bond acceptors (Lipinski definition) is 3. The van der Waals surface area contributed by atoms with E-state index in [1.165, 1.54) is 4.90 Å². The van der Waals surface area contributed by atoms with Crippen molar-refractivity contribution in [3.63, 3.8) is 0 Å². The van der Waals surface area contributed by atoms with E-state index in [1.807, 2.05) is 0 Å². The minimum Gasteiger partial charge on any atom is -0.352 e. The van der Waals surface area contributed by atoms with E-state index in [0.29, 0.717) is 16.1 Å². The molecule has 5 nitrogen and oxygen atoms in total. The standard InChI is InChI=1S/C15H18ClN3O2/c1-19(2)14(20)7-9-18-15(21)12-6-5-11(4-3-8-17)13(16)10-12/h5-6,10H,7-9,17H2,1-2H3,(H,18,21). The number of halogens is 1. The van der Waals surface area contributed by atoms with Crippen molar-refractivity contribution in [2.75, 3.05) is 27.2 Å². The molecule has 0 aliphatic heterocycles. The first-order chi connectivity index (χ1) is 9.95. The van der Waals surface area contributed by atoms with Gasteiger partial charge in [0.05, 0.1) is 11.6 Å². The molecule has 0 atom stereocenters. The van der Waals surface area contributed by atoms with Crippen LogP contribution in [-0.2, 0) is 4.79 Å². The molecule has 0 aromatic heterocycles. The zero-order chi connectivity index (χ0) is 15.8. The third-order valence-corrected chi connectivity index (χ3v) is 2.99. The first-order valence-electron chi connectivity index (χ1n) is 6.42. The predicted molar refractivity (Wildman–Crippen MR) is 83.0 cm³/mol. The van der Waals surface area contributed by atoms with Gasteiger partial charge in [0.25, 0.3) is 5.91 Å². The monoisotopic (exact) mass is 307 g/mol. The summed E-state index contributed by atoms with van der Waals surface area (Å²) in [6.45, 7) is 0.528. The molecule has 0 spiro atoms. The van der Waals surface area contributed by atoms with Gasteiger partial charge in [-0.2, -0.15) is 0 Å². The van der Waals surface area contributed by atoms with E-state index in [2.05, 4.69) is 17.2 Å². The molecule has 0 bridgehead atoms. The largest absolute Gasteiger partial charge is 0.352 e. The third kappa shape index (κ3) is 5.46. The average molecular weight is 308 g/mol. The van der Waals surface area contributed by atoms with Crippen molar-refractivity contribution >= 4 is 23.4 Å². The molecule has 21 heavy (non-hydrogen) atoms. The summed E-state index contributed by atoms with van der Waals surface area (Å²) in [4.78, 5) is 24.8. The maximum atomic E-state index is 11.9. The Balaban J connectivity index is 2.63. The van der Waals surface area contributed by atoms with Gasteiger partial charge in [-0.15, -0.1) is 0 Å². The summed E-state index contributed by atoms with van der Waals surface area (Å²) in [5.74, 6) is 5.21. The molecule has 0 heterocycles. The first kappa shape index (κ1) is 17.0. The Bertz CT molecular complexity index is 588. The highest BCUT2D eigenvalue weighted by molar-refractivity contribution is 6.32.